The van der Waals surface area contributed by atoms with E-state index in [-0.39, 0.29) is 19.4 Å². The minimum absolute atomic E-state index is 0.147. The molecule has 4 N–H and O–H groups in total. The minimum atomic E-state index is -4.71. The van der Waals surface area contributed by atoms with Gasteiger partial charge in [0.15, 0.2) is 6.10 Å². The summed E-state index contributed by atoms with van der Waals surface area (Å²) >= 11 is 0. The highest BCUT2D eigenvalue weighted by Gasteiger charge is 2.28. The van der Waals surface area contributed by atoms with E-state index in [9.17, 15) is 23.8 Å². The molecule has 0 heterocycles. The van der Waals surface area contributed by atoms with Crippen LogP contribution in [-0.2, 0) is 37.5 Å². The van der Waals surface area contributed by atoms with Crippen LogP contribution in [0.1, 0.15) is 181 Å². The molecule has 0 aliphatic carbocycles. The Morgan fingerprint density at radius 2 is 1.02 bits per heavy atom. The SMILES string of the molecule is CCCCCC=CCC=CCCCCCCCC(=O)O[C@H](COC(=O)CCCCCCCCCCCCCCC)COP(=O)(O)OC[C@H](N)C(=O)O. The molecule has 12 heteroatoms. The summed E-state index contributed by atoms with van der Waals surface area (Å²) in [5, 5.41) is 8.87. The van der Waals surface area contributed by atoms with Gasteiger partial charge in [-0.3, -0.25) is 23.4 Å². The maximum Gasteiger partial charge on any atom is 0.472 e. The van der Waals surface area contributed by atoms with Crippen LogP contribution >= 0.6 is 7.82 Å². The van der Waals surface area contributed by atoms with Crippen molar-refractivity contribution < 1.29 is 47.5 Å². The van der Waals surface area contributed by atoms with Crippen molar-refractivity contribution in [2.75, 3.05) is 19.8 Å². The van der Waals surface area contributed by atoms with Gasteiger partial charge in [-0.05, 0) is 44.9 Å². The standard InChI is InChI=1S/C40H74NO10P/c1-3-5-7-9-11-13-15-17-18-20-22-24-26-28-30-32-39(43)51-36(34-49-52(46,47)50-35-37(41)40(44)45)33-48-38(42)31-29-27-25-23-21-19-16-14-12-10-8-6-4-2/h11,13,17-18,36-37H,3-10,12,14-16,19-35,41H2,1-2H3,(H,44,45)(H,46,47)/t36-,37+/m1/s1. The predicted octanol–water partition coefficient (Wildman–Crippen LogP) is 10.3. The molecule has 52 heavy (non-hydrogen) atoms. The van der Waals surface area contributed by atoms with E-state index in [1.165, 1.54) is 77.0 Å². The van der Waals surface area contributed by atoms with Crippen molar-refractivity contribution in [3.8, 4) is 0 Å². The van der Waals surface area contributed by atoms with E-state index < -0.39 is 51.1 Å². The number of rotatable bonds is 38. The zero-order valence-electron chi connectivity index (χ0n) is 32.7. The Kier molecular flexibility index (Phi) is 34.6. The zero-order valence-corrected chi connectivity index (χ0v) is 33.5. The molecule has 1 unspecified atom stereocenters. The number of carbonyl (C=O) groups is 3. The van der Waals surface area contributed by atoms with Crippen LogP contribution in [-0.4, -0.2) is 59.9 Å². The molecule has 0 spiro atoms. The highest BCUT2D eigenvalue weighted by molar-refractivity contribution is 7.47. The van der Waals surface area contributed by atoms with E-state index >= 15 is 0 Å². The molecular weight excluding hydrogens is 685 g/mol. The number of carboxylic acid groups (broad SMARTS) is 1. The third-order valence-corrected chi connectivity index (χ3v) is 9.65. The maximum absolute atomic E-state index is 12.6. The Balaban J connectivity index is 4.42. The van der Waals surface area contributed by atoms with Gasteiger partial charge in [0.2, 0.25) is 0 Å². The second kappa shape index (κ2) is 36.0. The van der Waals surface area contributed by atoms with E-state index in [1.807, 2.05) is 0 Å². The number of phosphoric ester groups is 1. The summed E-state index contributed by atoms with van der Waals surface area (Å²) in [5.74, 6) is -2.39. The molecule has 0 saturated carbocycles. The predicted molar refractivity (Wildman–Crippen MR) is 208 cm³/mol. The van der Waals surface area contributed by atoms with Crippen LogP contribution in [0.2, 0.25) is 0 Å². The summed E-state index contributed by atoms with van der Waals surface area (Å²) in [4.78, 5) is 45.8. The minimum Gasteiger partial charge on any atom is -0.480 e. The van der Waals surface area contributed by atoms with Gasteiger partial charge in [0, 0.05) is 12.8 Å². The van der Waals surface area contributed by atoms with E-state index in [4.69, 9.17) is 24.8 Å². The third-order valence-electron chi connectivity index (χ3n) is 8.70. The number of carboxylic acids is 1. The average Bonchev–Trinajstić information content (AvgIpc) is 3.12. The lowest BCUT2D eigenvalue weighted by atomic mass is 10.0. The van der Waals surface area contributed by atoms with Crippen molar-refractivity contribution in [1.82, 2.24) is 0 Å². The molecule has 0 rings (SSSR count). The maximum atomic E-state index is 12.6. The molecular formula is C40H74NO10P. The van der Waals surface area contributed by atoms with Gasteiger partial charge in [-0.15, -0.1) is 0 Å². The molecule has 3 atom stereocenters. The molecule has 0 aliphatic rings. The first-order valence-corrected chi connectivity index (χ1v) is 21.9. The van der Waals surface area contributed by atoms with Gasteiger partial charge < -0.3 is 25.2 Å². The second-order valence-electron chi connectivity index (χ2n) is 13.8. The Morgan fingerprint density at radius 1 is 0.596 bits per heavy atom. The first-order valence-electron chi connectivity index (χ1n) is 20.4. The summed E-state index contributed by atoms with van der Waals surface area (Å²) in [7, 11) is -4.71. The fourth-order valence-electron chi connectivity index (χ4n) is 5.45. The number of allylic oxidation sites excluding steroid dienone is 4. The Bertz CT molecular complexity index is 989. The number of ether oxygens (including phenoxy) is 2. The van der Waals surface area contributed by atoms with Crippen LogP contribution < -0.4 is 5.73 Å². The largest absolute Gasteiger partial charge is 0.480 e. The highest BCUT2D eigenvalue weighted by atomic mass is 31.2. The second-order valence-corrected chi connectivity index (χ2v) is 15.2. The number of esters is 2. The topological polar surface area (TPSA) is 172 Å². The normalized spacial score (nSPS) is 14.1. The van der Waals surface area contributed by atoms with Crippen molar-refractivity contribution in [3.63, 3.8) is 0 Å². The van der Waals surface area contributed by atoms with Gasteiger partial charge in [0.05, 0.1) is 13.2 Å². The fraction of sp³-hybridized carbons (Fsp3) is 0.825. The van der Waals surface area contributed by atoms with Gasteiger partial charge in [0.1, 0.15) is 12.6 Å². The number of phosphoric acid groups is 1. The Morgan fingerprint density at radius 3 is 1.54 bits per heavy atom. The quantitative estimate of drug-likeness (QED) is 0.0237. The molecule has 0 saturated heterocycles. The molecule has 0 aliphatic heterocycles. The van der Waals surface area contributed by atoms with Gasteiger partial charge >= 0.3 is 25.7 Å². The third kappa shape index (κ3) is 35.0. The summed E-state index contributed by atoms with van der Waals surface area (Å²) in [6, 6.07) is -1.52. The van der Waals surface area contributed by atoms with Crippen molar-refractivity contribution in [2.45, 2.75) is 193 Å². The first kappa shape index (κ1) is 50.0. The Labute approximate surface area is 315 Å². The van der Waals surface area contributed by atoms with Crippen LogP contribution in [0.4, 0.5) is 0 Å². The lowest BCUT2D eigenvalue weighted by Crippen LogP contribution is -2.34. The van der Waals surface area contributed by atoms with Crippen LogP contribution in [0.15, 0.2) is 24.3 Å². The van der Waals surface area contributed by atoms with Crippen molar-refractivity contribution >= 4 is 25.7 Å². The molecule has 0 bridgehead atoms. The molecule has 0 amide bonds. The van der Waals surface area contributed by atoms with E-state index in [2.05, 4.69) is 42.7 Å². The van der Waals surface area contributed by atoms with Crippen molar-refractivity contribution in [1.29, 1.82) is 0 Å². The molecule has 0 fully saturated rings. The summed E-state index contributed by atoms with van der Waals surface area (Å²) in [6.45, 7) is 2.76. The summed E-state index contributed by atoms with van der Waals surface area (Å²) in [6.07, 6.45) is 35.2. The zero-order chi connectivity index (χ0) is 38.5. The van der Waals surface area contributed by atoms with Crippen LogP contribution in [0, 0.1) is 0 Å². The highest BCUT2D eigenvalue weighted by Crippen LogP contribution is 2.43. The van der Waals surface area contributed by atoms with E-state index in [1.54, 1.807) is 0 Å². The number of hydrogen-bond donors (Lipinski definition) is 3. The van der Waals surface area contributed by atoms with Gasteiger partial charge in [-0.1, -0.05) is 147 Å². The first-order chi connectivity index (χ1) is 25.1. The molecule has 304 valence electrons. The summed E-state index contributed by atoms with van der Waals surface area (Å²) < 4.78 is 32.6. The van der Waals surface area contributed by atoms with Crippen molar-refractivity contribution in [2.24, 2.45) is 5.73 Å². The number of hydrogen-bond acceptors (Lipinski definition) is 9. The van der Waals surface area contributed by atoms with Crippen LogP contribution in [0.3, 0.4) is 0 Å². The lowest BCUT2D eigenvalue weighted by Gasteiger charge is -2.20. The number of nitrogens with two attached hydrogens (primary N) is 1. The smallest absolute Gasteiger partial charge is 0.472 e. The van der Waals surface area contributed by atoms with Gasteiger partial charge in [-0.25, -0.2) is 4.57 Å². The Hall–Kier alpha value is -2.04. The molecule has 0 radical (unpaired) electrons. The molecule has 0 aromatic rings. The average molecular weight is 760 g/mol. The van der Waals surface area contributed by atoms with Crippen LogP contribution in [0.5, 0.6) is 0 Å². The number of unbranched alkanes of at least 4 members (excludes halogenated alkanes) is 20. The molecule has 11 nitrogen and oxygen atoms in total. The number of carbonyl (C=O) groups excluding carboxylic acids is 2. The summed E-state index contributed by atoms with van der Waals surface area (Å²) in [5.41, 5.74) is 5.32. The van der Waals surface area contributed by atoms with Gasteiger partial charge in [-0.2, -0.15) is 0 Å². The van der Waals surface area contributed by atoms with Crippen molar-refractivity contribution in [3.05, 3.63) is 24.3 Å². The molecule has 0 aromatic heterocycles. The molecule has 0 aromatic carbocycles. The fourth-order valence-corrected chi connectivity index (χ4v) is 6.23. The van der Waals surface area contributed by atoms with Gasteiger partial charge in [0.25, 0.3) is 0 Å². The monoisotopic (exact) mass is 760 g/mol. The lowest BCUT2D eigenvalue weighted by molar-refractivity contribution is -0.161. The van der Waals surface area contributed by atoms with E-state index in [0.29, 0.717) is 12.8 Å². The number of aliphatic carboxylic acids is 1. The van der Waals surface area contributed by atoms with Crippen LogP contribution in [0.25, 0.3) is 0 Å². The van der Waals surface area contributed by atoms with E-state index in [0.717, 1.165) is 64.2 Å².